The molecule has 1 fully saturated rings. The lowest BCUT2D eigenvalue weighted by molar-refractivity contribution is 0.00578. The zero-order chi connectivity index (χ0) is 38.4. The quantitative estimate of drug-likeness (QED) is 0.108. The van der Waals surface area contributed by atoms with Crippen molar-refractivity contribution < 1.29 is 18.4 Å². The Kier molecular flexibility index (Phi) is 11.1. The fraction of sp³-hybridized carbons (Fsp3) is 0.316. The van der Waals surface area contributed by atoms with Crippen molar-refractivity contribution in [2.75, 3.05) is 38.1 Å². The van der Waals surface area contributed by atoms with Crippen molar-refractivity contribution in [3.8, 4) is 11.1 Å². The van der Waals surface area contributed by atoms with Gasteiger partial charge in [-0.05, 0) is 130 Å². The summed E-state index contributed by atoms with van der Waals surface area (Å²) in [5.74, 6) is 0. The van der Waals surface area contributed by atoms with Gasteiger partial charge in [0.25, 0.3) is 0 Å². The van der Waals surface area contributed by atoms with Gasteiger partial charge in [-0.25, -0.2) is 9.97 Å². The minimum absolute atomic E-state index is 0.388. The Morgan fingerprint density at radius 1 is 0.712 bits per heavy atom. The first kappa shape index (κ1) is 39.6. The summed E-state index contributed by atoms with van der Waals surface area (Å²) >= 11 is 3.46. The lowest BCUT2D eigenvalue weighted by Gasteiger charge is -2.32. The van der Waals surface area contributed by atoms with E-state index in [0.717, 1.165) is 48.4 Å². The number of benzene rings is 2. The van der Waals surface area contributed by atoms with Gasteiger partial charge in [0.2, 0.25) is 0 Å². The molecule has 274 valence electrons. The molecule has 0 bridgehead atoms. The van der Waals surface area contributed by atoms with E-state index in [1.54, 1.807) is 45.1 Å². The molecule has 4 N–H and O–H groups in total. The number of hydrogen-bond acceptors (Lipinski definition) is 8. The van der Waals surface area contributed by atoms with Crippen LogP contribution in [-0.2, 0) is 32.5 Å². The van der Waals surface area contributed by atoms with Gasteiger partial charge in [-0.1, -0.05) is 12.1 Å². The lowest BCUT2D eigenvalue weighted by atomic mass is 9.79. The van der Waals surface area contributed by atoms with E-state index < -0.39 is 21.4 Å². The van der Waals surface area contributed by atoms with Crippen LogP contribution in [0, 0.1) is 0 Å². The van der Waals surface area contributed by atoms with Gasteiger partial charge in [0.05, 0.1) is 11.2 Å². The number of anilines is 2. The molecule has 4 aromatic heterocycles. The standard InChI is InChI=1S/C16H18N3OP.C14H23BNO3P.C8H7BrN2/c1-19-10-13(12-5-4-8-18-16(12)19)11-6-7-14(17)15(9-11)21(2,3)20;1-13(2)14(3,4)19-15(18-13)10-7-8-11(16)12(9-10)20(5,6)17;1-11-5-7(9)6-3-2-4-10-8(6)11/h4-10H,17H2,1-3H3;7-9H,16H2,1-6H3;2-5H,1H3. The van der Waals surface area contributed by atoms with Crippen LogP contribution in [0.15, 0.2) is 89.9 Å². The molecule has 10 nitrogen and oxygen atoms in total. The molecule has 7 rings (SSSR count). The second-order valence-electron chi connectivity index (χ2n) is 14.9. The molecule has 6 aromatic rings. The second kappa shape index (κ2) is 14.6. The van der Waals surface area contributed by atoms with E-state index in [0.29, 0.717) is 16.7 Å². The van der Waals surface area contributed by atoms with Crippen molar-refractivity contribution in [1.82, 2.24) is 19.1 Å². The summed E-state index contributed by atoms with van der Waals surface area (Å²) in [6.45, 7) is 15.0. The van der Waals surface area contributed by atoms with E-state index in [9.17, 15) is 9.13 Å². The van der Waals surface area contributed by atoms with Crippen LogP contribution >= 0.6 is 30.2 Å². The zero-order valence-electron chi connectivity index (χ0n) is 31.5. The molecule has 0 saturated carbocycles. The van der Waals surface area contributed by atoms with E-state index in [1.807, 2.05) is 118 Å². The Morgan fingerprint density at radius 2 is 1.19 bits per heavy atom. The minimum Gasteiger partial charge on any atom is -0.399 e. The number of aryl methyl sites for hydroxylation is 2. The van der Waals surface area contributed by atoms with Crippen molar-refractivity contribution in [3.63, 3.8) is 0 Å². The third kappa shape index (κ3) is 8.27. The molecule has 0 amide bonds. The first-order valence-electron chi connectivity index (χ1n) is 16.8. The van der Waals surface area contributed by atoms with Crippen molar-refractivity contribution in [2.45, 2.75) is 38.9 Å². The molecule has 0 radical (unpaired) electrons. The molecule has 1 aliphatic rings. The maximum atomic E-state index is 12.4. The number of nitrogens with two attached hydrogens (primary N) is 2. The Bertz CT molecular complexity index is 2310. The highest BCUT2D eigenvalue weighted by molar-refractivity contribution is 9.10. The molecule has 1 aliphatic heterocycles. The Morgan fingerprint density at radius 3 is 1.73 bits per heavy atom. The number of nitrogens with zero attached hydrogens (tertiary/aromatic N) is 4. The molecular weight excluding hydrogens is 757 g/mol. The number of pyridine rings is 2. The topological polar surface area (TPSA) is 140 Å². The molecule has 5 heterocycles. The summed E-state index contributed by atoms with van der Waals surface area (Å²) in [6, 6.07) is 19.2. The predicted molar refractivity (Wildman–Crippen MR) is 224 cm³/mol. The van der Waals surface area contributed by atoms with Gasteiger partial charge in [-0.2, -0.15) is 0 Å². The van der Waals surface area contributed by atoms with Crippen LogP contribution in [0.2, 0.25) is 0 Å². The highest BCUT2D eigenvalue weighted by Crippen LogP contribution is 2.40. The van der Waals surface area contributed by atoms with Gasteiger partial charge in [0, 0.05) is 81.7 Å². The lowest BCUT2D eigenvalue weighted by Crippen LogP contribution is -2.41. The summed E-state index contributed by atoms with van der Waals surface area (Å²) in [4.78, 5) is 8.63. The molecular formula is C38H48BBrN6O4P2. The van der Waals surface area contributed by atoms with Gasteiger partial charge in [0.15, 0.2) is 0 Å². The van der Waals surface area contributed by atoms with Crippen molar-refractivity contribution in [1.29, 1.82) is 0 Å². The largest absolute Gasteiger partial charge is 0.494 e. The highest BCUT2D eigenvalue weighted by atomic mass is 79.9. The summed E-state index contributed by atoms with van der Waals surface area (Å²) in [5, 5.41) is 3.67. The maximum Gasteiger partial charge on any atom is 0.494 e. The third-order valence-electron chi connectivity index (χ3n) is 9.50. The smallest absolute Gasteiger partial charge is 0.399 e. The molecule has 1 saturated heterocycles. The van der Waals surface area contributed by atoms with E-state index in [-0.39, 0.29) is 11.2 Å². The Balaban J connectivity index is 0.000000158. The second-order valence-corrected chi connectivity index (χ2v) is 22.1. The van der Waals surface area contributed by atoms with Crippen molar-refractivity contribution >= 4 is 86.8 Å². The van der Waals surface area contributed by atoms with Gasteiger partial charge in [0.1, 0.15) is 25.6 Å². The molecule has 0 atom stereocenters. The molecule has 14 heteroatoms. The number of nitrogen functional groups attached to an aromatic ring is 2. The fourth-order valence-electron chi connectivity index (χ4n) is 5.94. The summed E-state index contributed by atoms with van der Waals surface area (Å²) in [5.41, 5.74) is 17.2. The van der Waals surface area contributed by atoms with E-state index >= 15 is 0 Å². The zero-order valence-corrected chi connectivity index (χ0v) is 34.9. The molecule has 0 unspecified atom stereocenters. The van der Waals surface area contributed by atoms with Gasteiger partial charge < -0.3 is 39.0 Å². The average Bonchev–Trinajstić information content (AvgIpc) is 3.63. The number of rotatable bonds is 4. The summed E-state index contributed by atoms with van der Waals surface area (Å²) in [6.07, 6.45) is 7.64. The van der Waals surface area contributed by atoms with Gasteiger partial charge in [-0.3, -0.25) is 0 Å². The number of fused-ring (bicyclic) bond motifs is 2. The monoisotopic (exact) mass is 804 g/mol. The first-order chi connectivity index (χ1) is 24.1. The SMILES string of the molecule is CC1(C)OB(c2ccc(N)c(P(C)(C)=O)c2)OC1(C)C.Cn1cc(-c2ccc(N)c(P(C)(C)=O)c2)c2cccnc21.Cn1cc(Br)c2cccnc21. The van der Waals surface area contributed by atoms with E-state index in [1.165, 1.54) is 0 Å². The normalized spacial score (nSPS) is 15.2. The van der Waals surface area contributed by atoms with Crippen LogP contribution in [0.5, 0.6) is 0 Å². The minimum atomic E-state index is -2.42. The molecule has 0 aliphatic carbocycles. The van der Waals surface area contributed by atoms with Gasteiger partial charge >= 0.3 is 7.12 Å². The van der Waals surface area contributed by atoms with Crippen LogP contribution in [0.25, 0.3) is 33.2 Å². The molecule has 52 heavy (non-hydrogen) atoms. The highest BCUT2D eigenvalue weighted by Gasteiger charge is 2.51. The average molecular weight is 806 g/mol. The van der Waals surface area contributed by atoms with E-state index in [2.05, 4.69) is 25.9 Å². The Hall–Kier alpha value is -3.66. The first-order valence-corrected chi connectivity index (χ1v) is 22.8. The van der Waals surface area contributed by atoms with Crippen LogP contribution < -0.4 is 27.5 Å². The van der Waals surface area contributed by atoms with E-state index in [4.69, 9.17) is 20.8 Å². The van der Waals surface area contributed by atoms with Crippen molar-refractivity contribution in [2.24, 2.45) is 14.1 Å². The molecule has 0 spiro atoms. The fourth-order valence-corrected chi connectivity index (χ4v) is 8.86. The summed E-state index contributed by atoms with van der Waals surface area (Å²) < 4.78 is 41.8. The Labute approximate surface area is 315 Å². The van der Waals surface area contributed by atoms with Crippen molar-refractivity contribution in [3.05, 3.63) is 89.9 Å². The maximum absolute atomic E-state index is 12.4. The number of halogens is 1. The third-order valence-corrected chi connectivity index (χ3v) is 13.2. The predicted octanol–water partition coefficient (Wildman–Crippen LogP) is 7.22. The van der Waals surface area contributed by atoms with Crippen LogP contribution in [0.1, 0.15) is 27.7 Å². The van der Waals surface area contributed by atoms with Crippen LogP contribution in [0.3, 0.4) is 0 Å². The summed E-state index contributed by atoms with van der Waals surface area (Å²) in [7, 11) is -1.32. The number of hydrogen-bond donors (Lipinski definition) is 2. The van der Waals surface area contributed by atoms with Crippen LogP contribution in [-0.4, -0.2) is 64.1 Å². The number of aromatic nitrogens is 4. The molecule has 2 aromatic carbocycles. The van der Waals surface area contributed by atoms with Gasteiger partial charge in [-0.15, -0.1) is 0 Å². The van der Waals surface area contributed by atoms with Crippen LogP contribution in [0.4, 0.5) is 11.4 Å².